The van der Waals surface area contributed by atoms with E-state index in [2.05, 4.69) is 0 Å². The fourth-order valence-electron chi connectivity index (χ4n) is 4.21. The van der Waals surface area contributed by atoms with Gasteiger partial charge < -0.3 is 10.0 Å². The number of nitrogens with zero attached hydrogens (tertiary/aromatic N) is 2. The average molecular weight is 394 g/mol. The van der Waals surface area contributed by atoms with Crippen LogP contribution in [0.4, 0.5) is 0 Å². The number of carbonyl (C=O) groups excluding carboxylic acids is 3. The number of imide groups is 1. The predicted molar refractivity (Wildman–Crippen MR) is 105 cm³/mol. The van der Waals surface area contributed by atoms with Crippen molar-refractivity contribution in [3.8, 4) is 0 Å². The summed E-state index contributed by atoms with van der Waals surface area (Å²) in [5.74, 6) is -1.91. The zero-order valence-corrected chi connectivity index (χ0v) is 16.0. The number of rotatable bonds is 5. The van der Waals surface area contributed by atoms with Gasteiger partial charge in [-0.05, 0) is 36.8 Å². The van der Waals surface area contributed by atoms with Crippen molar-refractivity contribution in [1.29, 1.82) is 0 Å². The monoisotopic (exact) mass is 394 g/mol. The summed E-state index contributed by atoms with van der Waals surface area (Å²) in [5.41, 5.74) is 1.03. The van der Waals surface area contributed by atoms with Gasteiger partial charge in [0, 0.05) is 42.6 Å². The summed E-state index contributed by atoms with van der Waals surface area (Å²) >= 11 is 0. The van der Waals surface area contributed by atoms with Crippen molar-refractivity contribution in [1.82, 2.24) is 9.80 Å². The average Bonchev–Trinajstić information content (AvgIpc) is 2.74. The number of hydrogen-bond donors (Lipinski definition) is 1. The molecule has 2 aliphatic rings. The first kappa shape index (κ1) is 19.1. The zero-order chi connectivity index (χ0) is 20.5. The molecular weight excluding hydrogens is 372 g/mol. The number of amides is 3. The molecule has 0 saturated carbocycles. The third-order valence-corrected chi connectivity index (χ3v) is 5.83. The standard InChI is InChI=1S/C22H22N2O5/c25-18(23-12-9-15(10-13-23)22(28)29)8-3-11-24-20(26)16-6-1-4-14-5-2-7-17(19(14)16)21(24)27/h1-2,4-7,15H,3,8-13H2,(H,28,29). The molecule has 29 heavy (non-hydrogen) atoms. The molecule has 2 heterocycles. The largest absolute Gasteiger partial charge is 0.481 e. The summed E-state index contributed by atoms with van der Waals surface area (Å²) in [4.78, 5) is 52.0. The van der Waals surface area contributed by atoms with Crippen LogP contribution in [0.15, 0.2) is 36.4 Å². The van der Waals surface area contributed by atoms with Crippen LogP contribution in [0.2, 0.25) is 0 Å². The minimum absolute atomic E-state index is 0.0618. The summed E-state index contributed by atoms with van der Waals surface area (Å²) in [6, 6.07) is 10.8. The molecule has 0 aliphatic carbocycles. The molecule has 0 atom stereocenters. The lowest BCUT2D eigenvalue weighted by Crippen LogP contribution is -2.42. The van der Waals surface area contributed by atoms with Crippen LogP contribution in [0.1, 0.15) is 46.4 Å². The van der Waals surface area contributed by atoms with Gasteiger partial charge in [-0.15, -0.1) is 0 Å². The topological polar surface area (TPSA) is 95.0 Å². The normalized spacial score (nSPS) is 17.1. The first-order chi connectivity index (χ1) is 14.0. The molecule has 2 aliphatic heterocycles. The number of carbonyl (C=O) groups is 4. The van der Waals surface area contributed by atoms with Gasteiger partial charge in [0.2, 0.25) is 5.91 Å². The van der Waals surface area contributed by atoms with E-state index in [0.717, 1.165) is 5.39 Å². The zero-order valence-electron chi connectivity index (χ0n) is 16.0. The van der Waals surface area contributed by atoms with Gasteiger partial charge in [-0.2, -0.15) is 0 Å². The maximum atomic E-state index is 12.8. The van der Waals surface area contributed by atoms with Crippen LogP contribution < -0.4 is 0 Å². The van der Waals surface area contributed by atoms with Crippen LogP contribution in [-0.2, 0) is 9.59 Å². The molecule has 0 aromatic heterocycles. The van der Waals surface area contributed by atoms with Gasteiger partial charge in [-0.25, -0.2) is 0 Å². The van der Waals surface area contributed by atoms with Crippen molar-refractivity contribution in [2.75, 3.05) is 19.6 Å². The van der Waals surface area contributed by atoms with E-state index in [1.165, 1.54) is 4.90 Å². The molecule has 2 aromatic rings. The molecule has 1 N–H and O–H groups in total. The van der Waals surface area contributed by atoms with Crippen LogP contribution in [0.5, 0.6) is 0 Å². The quantitative estimate of drug-likeness (QED) is 0.787. The second-order valence-corrected chi connectivity index (χ2v) is 7.57. The molecule has 0 spiro atoms. The summed E-state index contributed by atoms with van der Waals surface area (Å²) < 4.78 is 0. The second-order valence-electron chi connectivity index (χ2n) is 7.57. The SMILES string of the molecule is O=C(O)C1CCN(C(=O)CCCN2C(=O)c3cccc4cccc(c34)C2=O)CC1. The number of hydrogen-bond acceptors (Lipinski definition) is 4. The highest BCUT2D eigenvalue weighted by Gasteiger charge is 2.32. The highest BCUT2D eigenvalue weighted by atomic mass is 16.4. The smallest absolute Gasteiger partial charge is 0.306 e. The summed E-state index contributed by atoms with van der Waals surface area (Å²) in [7, 11) is 0. The van der Waals surface area contributed by atoms with Crippen molar-refractivity contribution in [2.45, 2.75) is 25.7 Å². The molecule has 0 unspecified atom stereocenters. The number of likely N-dealkylation sites (tertiary alicyclic amines) is 1. The number of carboxylic acids is 1. The Hall–Kier alpha value is -3.22. The van der Waals surface area contributed by atoms with E-state index in [9.17, 15) is 19.2 Å². The van der Waals surface area contributed by atoms with E-state index in [4.69, 9.17) is 5.11 Å². The van der Waals surface area contributed by atoms with Crippen LogP contribution >= 0.6 is 0 Å². The lowest BCUT2D eigenvalue weighted by atomic mass is 9.94. The van der Waals surface area contributed by atoms with Crippen molar-refractivity contribution >= 4 is 34.5 Å². The number of piperidine rings is 1. The second kappa shape index (κ2) is 7.66. The molecular formula is C22H22N2O5. The van der Waals surface area contributed by atoms with Gasteiger partial charge in [-0.1, -0.05) is 24.3 Å². The molecule has 7 heteroatoms. The molecule has 150 valence electrons. The van der Waals surface area contributed by atoms with Crippen molar-refractivity contribution in [3.05, 3.63) is 47.5 Å². The Labute approximate surface area is 167 Å². The van der Waals surface area contributed by atoms with Gasteiger partial charge in [0.15, 0.2) is 0 Å². The van der Waals surface area contributed by atoms with Crippen LogP contribution in [-0.4, -0.2) is 58.2 Å². The Morgan fingerprint density at radius 2 is 1.55 bits per heavy atom. The molecule has 1 saturated heterocycles. The van der Waals surface area contributed by atoms with E-state index in [0.29, 0.717) is 48.9 Å². The van der Waals surface area contributed by atoms with E-state index in [1.807, 2.05) is 12.1 Å². The summed E-state index contributed by atoms with van der Waals surface area (Å²) in [5, 5.41) is 10.6. The van der Waals surface area contributed by atoms with Gasteiger partial charge in [0.05, 0.1) is 5.92 Å². The van der Waals surface area contributed by atoms with Gasteiger partial charge >= 0.3 is 5.97 Å². The minimum Gasteiger partial charge on any atom is -0.481 e. The Kier molecular flexibility index (Phi) is 5.05. The van der Waals surface area contributed by atoms with Crippen molar-refractivity contribution in [2.24, 2.45) is 5.92 Å². The van der Waals surface area contributed by atoms with E-state index in [1.54, 1.807) is 29.2 Å². The van der Waals surface area contributed by atoms with Crippen LogP contribution in [0.25, 0.3) is 10.8 Å². The lowest BCUT2D eigenvalue weighted by molar-refractivity contribution is -0.145. The minimum atomic E-state index is -0.811. The Morgan fingerprint density at radius 3 is 2.10 bits per heavy atom. The maximum absolute atomic E-state index is 12.8. The summed E-state index contributed by atoms with van der Waals surface area (Å²) in [6.07, 6.45) is 1.53. The highest BCUT2D eigenvalue weighted by molar-refractivity contribution is 6.25. The van der Waals surface area contributed by atoms with Gasteiger partial charge in [-0.3, -0.25) is 24.1 Å². The van der Waals surface area contributed by atoms with Crippen LogP contribution in [0.3, 0.4) is 0 Å². The van der Waals surface area contributed by atoms with Crippen molar-refractivity contribution in [3.63, 3.8) is 0 Å². The first-order valence-electron chi connectivity index (χ1n) is 9.86. The number of aliphatic carboxylic acids is 1. The molecule has 7 nitrogen and oxygen atoms in total. The number of benzene rings is 2. The molecule has 1 fully saturated rings. The molecule has 0 radical (unpaired) electrons. The van der Waals surface area contributed by atoms with Crippen molar-refractivity contribution < 1.29 is 24.3 Å². The summed E-state index contributed by atoms with van der Waals surface area (Å²) in [6.45, 7) is 1.05. The maximum Gasteiger partial charge on any atom is 0.306 e. The fourth-order valence-corrected chi connectivity index (χ4v) is 4.21. The van der Waals surface area contributed by atoms with E-state index >= 15 is 0 Å². The Morgan fingerprint density at radius 1 is 0.966 bits per heavy atom. The first-order valence-corrected chi connectivity index (χ1v) is 9.86. The van der Waals surface area contributed by atoms with Crippen LogP contribution in [0, 0.1) is 5.92 Å². The van der Waals surface area contributed by atoms with E-state index < -0.39 is 5.97 Å². The molecule has 3 amide bonds. The van der Waals surface area contributed by atoms with Gasteiger partial charge in [0.1, 0.15) is 0 Å². The Balaban J connectivity index is 1.38. The Bertz CT molecular complexity index is 957. The predicted octanol–water partition coefficient (Wildman–Crippen LogP) is 2.54. The highest BCUT2D eigenvalue weighted by Crippen LogP contribution is 2.30. The molecule has 0 bridgehead atoms. The third kappa shape index (κ3) is 3.48. The van der Waals surface area contributed by atoms with E-state index in [-0.39, 0.29) is 36.6 Å². The number of carboxylic acid groups (broad SMARTS) is 1. The molecule has 4 rings (SSSR count). The fraction of sp³-hybridized carbons (Fsp3) is 0.364. The van der Waals surface area contributed by atoms with Gasteiger partial charge in [0.25, 0.3) is 11.8 Å². The third-order valence-electron chi connectivity index (χ3n) is 5.83. The lowest BCUT2D eigenvalue weighted by Gasteiger charge is -2.31. The molecule has 2 aromatic carbocycles.